The number of nitrogens with one attached hydrogen (secondary N) is 1. The monoisotopic (exact) mass is 430 g/mol. The summed E-state index contributed by atoms with van der Waals surface area (Å²) in [5.74, 6) is 0.0945. The van der Waals surface area contributed by atoms with Gasteiger partial charge in [0, 0.05) is 25.5 Å². The minimum absolute atomic E-state index is 0.207. The molecule has 31 heavy (non-hydrogen) atoms. The van der Waals surface area contributed by atoms with Crippen LogP contribution < -0.4 is 24.4 Å². The highest BCUT2D eigenvalue weighted by molar-refractivity contribution is 5.96. The van der Waals surface area contributed by atoms with E-state index in [0.29, 0.717) is 42.8 Å². The fraction of sp³-hybridized carbons (Fsp3) is 0.391. The third-order valence-corrected chi connectivity index (χ3v) is 4.15. The van der Waals surface area contributed by atoms with Gasteiger partial charge in [-0.2, -0.15) is 0 Å². The van der Waals surface area contributed by atoms with Gasteiger partial charge < -0.3 is 29.2 Å². The Hall–Kier alpha value is -3.42. The van der Waals surface area contributed by atoms with Gasteiger partial charge in [0.25, 0.3) is 5.91 Å². The molecule has 8 heteroatoms. The summed E-state index contributed by atoms with van der Waals surface area (Å²) in [6, 6.07) is 10.4. The van der Waals surface area contributed by atoms with Crippen molar-refractivity contribution in [2.45, 2.75) is 20.8 Å². The van der Waals surface area contributed by atoms with Crippen molar-refractivity contribution in [3.8, 4) is 17.2 Å². The van der Waals surface area contributed by atoms with Gasteiger partial charge in [-0.05, 0) is 57.2 Å². The van der Waals surface area contributed by atoms with Gasteiger partial charge in [0.05, 0.1) is 25.4 Å². The summed E-state index contributed by atoms with van der Waals surface area (Å²) in [7, 11) is 3.86. The average molecular weight is 431 g/mol. The van der Waals surface area contributed by atoms with Crippen molar-refractivity contribution < 1.29 is 28.5 Å². The lowest BCUT2D eigenvalue weighted by atomic mass is 10.2. The first-order valence-electron chi connectivity index (χ1n) is 10.2. The number of anilines is 2. The van der Waals surface area contributed by atoms with Crippen molar-refractivity contribution in [2.24, 2.45) is 0 Å². The minimum atomic E-state index is -0.664. The molecule has 0 saturated carbocycles. The highest BCUT2D eigenvalue weighted by Crippen LogP contribution is 2.39. The topological polar surface area (TPSA) is 86.3 Å². The Balaban J connectivity index is 2.07. The summed E-state index contributed by atoms with van der Waals surface area (Å²) in [6.07, 6.45) is 0. The number of carbonyl (C=O) groups excluding carboxylic acids is 2. The molecule has 0 aliphatic heterocycles. The molecule has 0 aliphatic rings. The van der Waals surface area contributed by atoms with Crippen LogP contribution in [-0.4, -0.2) is 52.4 Å². The Morgan fingerprint density at radius 3 is 1.90 bits per heavy atom. The third-order valence-electron chi connectivity index (χ3n) is 4.15. The molecule has 0 atom stereocenters. The summed E-state index contributed by atoms with van der Waals surface area (Å²) in [5.41, 5.74) is 1.83. The molecule has 0 aliphatic carbocycles. The summed E-state index contributed by atoms with van der Waals surface area (Å²) >= 11 is 0. The maximum atomic E-state index is 12.5. The summed E-state index contributed by atoms with van der Waals surface area (Å²) in [5, 5.41) is 2.70. The number of hydrogen-bond donors (Lipinski definition) is 1. The van der Waals surface area contributed by atoms with Gasteiger partial charge in [0.2, 0.25) is 5.75 Å². The number of esters is 1. The van der Waals surface area contributed by atoms with Crippen LogP contribution in [-0.2, 0) is 9.53 Å². The van der Waals surface area contributed by atoms with Crippen LogP contribution in [0.2, 0.25) is 0 Å². The molecule has 2 aromatic rings. The molecule has 1 N–H and O–H groups in total. The molecule has 0 heterocycles. The molecule has 1 amide bonds. The lowest BCUT2D eigenvalue weighted by Gasteiger charge is -2.17. The zero-order valence-corrected chi connectivity index (χ0v) is 18.7. The zero-order chi connectivity index (χ0) is 22.8. The molecule has 168 valence electrons. The molecular weight excluding hydrogens is 400 g/mol. The van der Waals surface area contributed by atoms with Gasteiger partial charge in [-0.3, -0.25) is 4.79 Å². The predicted octanol–water partition coefficient (Wildman–Crippen LogP) is 3.74. The highest BCUT2D eigenvalue weighted by atomic mass is 16.5. The standard InChI is InChI=1S/C23H30N2O6/c1-6-28-19-13-16(14-20(29-7-2)22(19)30-8-3)23(27)31-15-21(26)24-17-9-11-18(12-10-17)25(4)5/h9-14H,6-8,15H2,1-5H3,(H,24,26). The smallest absolute Gasteiger partial charge is 0.338 e. The minimum Gasteiger partial charge on any atom is -0.490 e. The maximum absolute atomic E-state index is 12.5. The van der Waals surface area contributed by atoms with Gasteiger partial charge in [-0.25, -0.2) is 4.79 Å². The normalized spacial score (nSPS) is 10.2. The Bertz CT molecular complexity index is 853. The average Bonchev–Trinajstić information content (AvgIpc) is 2.74. The van der Waals surface area contributed by atoms with E-state index in [4.69, 9.17) is 18.9 Å². The van der Waals surface area contributed by atoms with Crippen LogP contribution in [0.1, 0.15) is 31.1 Å². The second kappa shape index (κ2) is 11.7. The largest absolute Gasteiger partial charge is 0.490 e. The summed E-state index contributed by atoms with van der Waals surface area (Å²) in [6.45, 7) is 6.28. The van der Waals surface area contributed by atoms with Crippen molar-refractivity contribution >= 4 is 23.3 Å². The van der Waals surface area contributed by atoms with E-state index in [1.807, 2.05) is 51.9 Å². The fourth-order valence-corrected chi connectivity index (χ4v) is 2.76. The molecule has 0 saturated heterocycles. The molecule has 2 rings (SSSR count). The zero-order valence-electron chi connectivity index (χ0n) is 18.7. The van der Waals surface area contributed by atoms with Crippen LogP contribution in [0.3, 0.4) is 0 Å². The second-order valence-electron chi connectivity index (χ2n) is 6.67. The van der Waals surface area contributed by atoms with Crippen LogP contribution in [0.4, 0.5) is 11.4 Å². The number of amides is 1. The maximum Gasteiger partial charge on any atom is 0.338 e. The van der Waals surface area contributed by atoms with Crippen LogP contribution in [0.25, 0.3) is 0 Å². The molecule has 0 spiro atoms. The number of nitrogens with zero attached hydrogens (tertiary/aromatic N) is 1. The van der Waals surface area contributed by atoms with Crippen LogP contribution in [0.5, 0.6) is 17.2 Å². The third kappa shape index (κ3) is 6.80. The van der Waals surface area contributed by atoms with Crippen LogP contribution in [0, 0.1) is 0 Å². The second-order valence-corrected chi connectivity index (χ2v) is 6.67. The first kappa shape index (κ1) is 23.9. The number of carbonyl (C=O) groups is 2. The van der Waals surface area contributed by atoms with Gasteiger partial charge in [0.15, 0.2) is 18.1 Å². The molecule has 0 bridgehead atoms. The van der Waals surface area contributed by atoms with Crippen molar-refractivity contribution in [3.63, 3.8) is 0 Å². The van der Waals surface area contributed by atoms with E-state index >= 15 is 0 Å². The van der Waals surface area contributed by atoms with Crippen LogP contribution in [0.15, 0.2) is 36.4 Å². The van der Waals surface area contributed by atoms with Gasteiger partial charge >= 0.3 is 5.97 Å². The van der Waals surface area contributed by atoms with Crippen molar-refractivity contribution in [1.29, 1.82) is 0 Å². The summed E-state index contributed by atoms with van der Waals surface area (Å²) in [4.78, 5) is 26.7. The Labute approximate surface area is 183 Å². The molecule has 8 nitrogen and oxygen atoms in total. The Kier molecular flexibility index (Phi) is 8.99. The van der Waals surface area contributed by atoms with E-state index < -0.39 is 18.5 Å². The van der Waals surface area contributed by atoms with E-state index in [9.17, 15) is 9.59 Å². The van der Waals surface area contributed by atoms with Crippen molar-refractivity contribution in [1.82, 2.24) is 0 Å². The highest BCUT2D eigenvalue weighted by Gasteiger charge is 2.20. The van der Waals surface area contributed by atoms with Gasteiger partial charge in [0.1, 0.15) is 0 Å². The van der Waals surface area contributed by atoms with E-state index in [-0.39, 0.29) is 5.56 Å². The molecule has 0 radical (unpaired) electrons. The van der Waals surface area contributed by atoms with Gasteiger partial charge in [-0.15, -0.1) is 0 Å². The number of rotatable bonds is 11. The van der Waals surface area contributed by atoms with Gasteiger partial charge in [-0.1, -0.05) is 0 Å². The Morgan fingerprint density at radius 2 is 1.42 bits per heavy atom. The first-order valence-corrected chi connectivity index (χ1v) is 10.2. The number of ether oxygens (including phenoxy) is 4. The van der Waals surface area contributed by atoms with E-state index in [1.165, 1.54) is 12.1 Å². The number of hydrogen-bond acceptors (Lipinski definition) is 7. The fourth-order valence-electron chi connectivity index (χ4n) is 2.76. The molecule has 0 unspecified atom stereocenters. The molecule has 0 fully saturated rings. The Morgan fingerprint density at radius 1 is 0.871 bits per heavy atom. The lowest BCUT2D eigenvalue weighted by molar-refractivity contribution is -0.119. The van der Waals surface area contributed by atoms with Crippen molar-refractivity contribution in [2.75, 3.05) is 50.7 Å². The molecule has 2 aromatic carbocycles. The summed E-state index contributed by atoms with van der Waals surface area (Å²) < 4.78 is 22.0. The van der Waals surface area contributed by atoms with E-state index in [0.717, 1.165) is 5.69 Å². The predicted molar refractivity (Wildman–Crippen MR) is 120 cm³/mol. The molecular formula is C23H30N2O6. The van der Waals surface area contributed by atoms with Crippen LogP contribution >= 0.6 is 0 Å². The number of benzene rings is 2. The van der Waals surface area contributed by atoms with E-state index in [2.05, 4.69) is 5.32 Å². The molecule has 0 aromatic heterocycles. The van der Waals surface area contributed by atoms with E-state index in [1.54, 1.807) is 12.1 Å². The SMILES string of the molecule is CCOc1cc(C(=O)OCC(=O)Nc2ccc(N(C)C)cc2)cc(OCC)c1OCC. The lowest BCUT2D eigenvalue weighted by Crippen LogP contribution is -2.21. The first-order chi connectivity index (χ1) is 14.9. The quantitative estimate of drug-likeness (QED) is 0.544. The van der Waals surface area contributed by atoms with Crippen molar-refractivity contribution in [3.05, 3.63) is 42.0 Å².